The van der Waals surface area contributed by atoms with Crippen LogP contribution in [0, 0.1) is 5.92 Å². The highest BCUT2D eigenvalue weighted by Gasteiger charge is 2.66. The van der Waals surface area contributed by atoms with Crippen molar-refractivity contribution < 1.29 is 23.1 Å². The maximum Gasteiger partial charge on any atom is 0.458 e. The summed E-state index contributed by atoms with van der Waals surface area (Å²) in [5.41, 5.74) is 1.79. The molecule has 0 spiro atoms. The van der Waals surface area contributed by atoms with Crippen molar-refractivity contribution in [2.24, 2.45) is 11.1 Å². The van der Waals surface area contributed by atoms with Gasteiger partial charge in [-0.3, -0.25) is 0 Å². The molecule has 0 aromatic heterocycles. The zero-order valence-corrected chi connectivity index (χ0v) is 11.1. The molecule has 0 saturated heterocycles. The number of oxime groups is 1. The minimum Gasteiger partial charge on any atom is -0.349 e. The van der Waals surface area contributed by atoms with Crippen LogP contribution in [-0.2, 0) is 4.84 Å². The van der Waals surface area contributed by atoms with Gasteiger partial charge in [-0.2, -0.15) is 13.2 Å². The predicted molar refractivity (Wildman–Crippen MR) is 71.3 cm³/mol. The Kier molecular flexibility index (Phi) is 3.28. The number of allylic oxidation sites excluding steroid dienone is 1. The van der Waals surface area contributed by atoms with Gasteiger partial charge in [0.2, 0.25) is 0 Å². The van der Waals surface area contributed by atoms with Crippen molar-refractivity contribution in [1.29, 1.82) is 0 Å². The minimum atomic E-state index is -4.86. The lowest BCUT2D eigenvalue weighted by molar-refractivity contribution is -0.370. The Morgan fingerprint density at radius 1 is 1.29 bits per heavy atom. The van der Waals surface area contributed by atoms with Crippen molar-refractivity contribution >= 4 is 11.8 Å². The van der Waals surface area contributed by atoms with E-state index in [1.807, 2.05) is 30.3 Å². The number of alkyl halides is 3. The molecule has 0 bridgehead atoms. The number of halogens is 3. The number of fused-ring (bicyclic) bond motifs is 1. The van der Waals surface area contributed by atoms with Gasteiger partial charge < -0.3 is 9.94 Å². The Morgan fingerprint density at radius 2 is 2.00 bits per heavy atom. The van der Waals surface area contributed by atoms with E-state index in [1.54, 1.807) is 6.08 Å². The molecule has 0 radical (unpaired) electrons. The van der Waals surface area contributed by atoms with Crippen molar-refractivity contribution in [2.75, 3.05) is 0 Å². The van der Waals surface area contributed by atoms with Crippen molar-refractivity contribution in [3.8, 4) is 0 Å². The van der Waals surface area contributed by atoms with E-state index >= 15 is 0 Å². The van der Waals surface area contributed by atoms with Gasteiger partial charge in [-0.25, -0.2) is 0 Å². The smallest absolute Gasteiger partial charge is 0.349 e. The van der Waals surface area contributed by atoms with E-state index in [0.717, 1.165) is 5.56 Å². The molecule has 21 heavy (non-hydrogen) atoms. The van der Waals surface area contributed by atoms with Gasteiger partial charge in [-0.1, -0.05) is 35.5 Å². The second kappa shape index (κ2) is 4.87. The number of benzene rings is 1. The largest absolute Gasteiger partial charge is 0.458 e. The maximum atomic E-state index is 13.0. The normalized spacial score (nSPS) is 30.8. The van der Waals surface area contributed by atoms with Gasteiger partial charge in [0.1, 0.15) is 0 Å². The third-order valence-electron chi connectivity index (χ3n) is 3.90. The van der Waals surface area contributed by atoms with Gasteiger partial charge in [-0.05, 0) is 36.5 Å². The molecule has 1 N–H and O–H groups in total. The van der Waals surface area contributed by atoms with Crippen molar-refractivity contribution in [3.63, 3.8) is 0 Å². The number of aliphatic hydroxyl groups is 1. The zero-order chi connectivity index (χ0) is 15.1. The second-order valence-electron chi connectivity index (χ2n) is 5.29. The van der Waals surface area contributed by atoms with Crippen molar-refractivity contribution in [2.45, 2.75) is 31.2 Å². The number of rotatable bonds is 1. The highest BCUT2D eigenvalue weighted by Crippen LogP contribution is 2.47. The molecule has 1 saturated carbocycles. The van der Waals surface area contributed by atoms with E-state index in [1.165, 1.54) is 0 Å². The van der Waals surface area contributed by atoms with Crippen molar-refractivity contribution in [3.05, 3.63) is 41.5 Å². The summed E-state index contributed by atoms with van der Waals surface area (Å²) in [6.45, 7) is 0. The molecule has 2 atom stereocenters. The second-order valence-corrected chi connectivity index (χ2v) is 5.29. The van der Waals surface area contributed by atoms with Gasteiger partial charge in [0.25, 0.3) is 0 Å². The predicted octanol–water partition coefficient (Wildman–Crippen LogP) is 3.51. The van der Waals surface area contributed by atoms with Gasteiger partial charge >= 0.3 is 12.0 Å². The maximum absolute atomic E-state index is 13.0. The average Bonchev–Trinajstić information content (AvgIpc) is 2.80. The van der Waals surface area contributed by atoms with Gasteiger partial charge in [0.15, 0.2) is 0 Å². The Labute approximate surface area is 119 Å². The molecular formula is C15H14F3NO2. The van der Waals surface area contributed by atoms with E-state index in [0.29, 0.717) is 18.4 Å². The lowest BCUT2D eigenvalue weighted by Gasteiger charge is -2.32. The van der Waals surface area contributed by atoms with Crippen LogP contribution in [0.3, 0.4) is 0 Å². The van der Waals surface area contributed by atoms with Crippen LogP contribution >= 0.6 is 0 Å². The van der Waals surface area contributed by atoms with E-state index in [-0.39, 0.29) is 12.1 Å². The van der Waals surface area contributed by atoms with E-state index in [9.17, 15) is 18.3 Å². The first-order valence-electron chi connectivity index (χ1n) is 6.73. The fourth-order valence-electron chi connectivity index (χ4n) is 2.82. The quantitative estimate of drug-likeness (QED) is 0.862. The number of hydrogen-bond acceptors (Lipinski definition) is 3. The zero-order valence-electron chi connectivity index (χ0n) is 11.1. The highest BCUT2D eigenvalue weighted by molar-refractivity contribution is 6.06. The molecule has 0 unspecified atom stereocenters. The monoisotopic (exact) mass is 297 g/mol. The lowest BCUT2D eigenvalue weighted by atomic mass is 9.78. The van der Waals surface area contributed by atoms with E-state index in [2.05, 4.69) is 9.99 Å². The lowest BCUT2D eigenvalue weighted by Crippen LogP contribution is -2.52. The SMILES string of the molecule is O[C@]1(C(F)(F)F)ON=C2/C(=C/c3ccccc3)CCC[C@@H]21. The summed E-state index contributed by atoms with van der Waals surface area (Å²) in [4.78, 5) is 4.40. The molecule has 0 amide bonds. The summed E-state index contributed by atoms with van der Waals surface area (Å²) in [6, 6.07) is 9.30. The topological polar surface area (TPSA) is 41.8 Å². The van der Waals surface area contributed by atoms with Crippen LogP contribution in [0.15, 0.2) is 41.1 Å². The molecule has 1 aromatic carbocycles. The first kappa shape index (κ1) is 14.1. The van der Waals surface area contributed by atoms with Crippen LogP contribution in [0.2, 0.25) is 0 Å². The third-order valence-corrected chi connectivity index (χ3v) is 3.90. The fourth-order valence-corrected chi connectivity index (χ4v) is 2.82. The summed E-state index contributed by atoms with van der Waals surface area (Å²) in [5.74, 6) is -4.35. The summed E-state index contributed by atoms with van der Waals surface area (Å²) >= 11 is 0. The van der Waals surface area contributed by atoms with Crippen LogP contribution in [-0.4, -0.2) is 22.8 Å². The molecule has 1 aliphatic heterocycles. The first-order valence-corrected chi connectivity index (χ1v) is 6.73. The number of hydrogen-bond donors (Lipinski definition) is 1. The Morgan fingerprint density at radius 3 is 2.67 bits per heavy atom. The molecule has 1 aliphatic carbocycles. The summed E-state index contributed by atoms with van der Waals surface area (Å²) < 4.78 is 39.0. The highest BCUT2D eigenvalue weighted by atomic mass is 19.4. The molecule has 1 fully saturated rings. The molecule has 1 aromatic rings. The summed E-state index contributed by atoms with van der Waals surface area (Å²) in [6.07, 6.45) is -1.67. The van der Waals surface area contributed by atoms with Crippen LogP contribution in [0.1, 0.15) is 24.8 Å². The van der Waals surface area contributed by atoms with Crippen LogP contribution in [0.5, 0.6) is 0 Å². The van der Waals surface area contributed by atoms with Gasteiger partial charge in [-0.15, -0.1) is 0 Å². The van der Waals surface area contributed by atoms with E-state index < -0.39 is 17.9 Å². The van der Waals surface area contributed by atoms with Gasteiger partial charge in [0.05, 0.1) is 11.6 Å². The molecular weight excluding hydrogens is 283 g/mol. The summed E-state index contributed by atoms with van der Waals surface area (Å²) in [7, 11) is 0. The Hall–Kier alpha value is -1.82. The number of nitrogens with zero attached hydrogens (tertiary/aromatic N) is 1. The molecule has 2 aliphatic rings. The van der Waals surface area contributed by atoms with Crippen LogP contribution < -0.4 is 0 Å². The van der Waals surface area contributed by atoms with Crippen LogP contribution in [0.25, 0.3) is 6.08 Å². The minimum absolute atomic E-state index is 0.209. The Balaban J connectivity index is 1.93. The molecule has 112 valence electrons. The third kappa shape index (κ3) is 2.33. The first-order chi connectivity index (χ1) is 9.92. The Bertz CT molecular complexity index is 595. The van der Waals surface area contributed by atoms with E-state index in [4.69, 9.17) is 0 Å². The average molecular weight is 297 g/mol. The fraction of sp³-hybridized carbons (Fsp3) is 0.400. The molecule has 6 heteroatoms. The van der Waals surface area contributed by atoms with Crippen molar-refractivity contribution in [1.82, 2.24) is 0 Å². The molecule has 1 heterocycles. The standard InChI is InChI=1S/C15H14F3NO2/c16-15(17,18)14(20)12-8-4-7-11(13(12)19-21-14)9-10-5-2-1-3-6-10/h1-3,5-6,9,12,20H,4,7-8H2/b11-9+/t12-,14-/m0/s1. The summed E-state index contributed by atoms with van der Waals surface area (Å²) in [5, 5.41) is 13.4. The van der Waals surface area contributed by atoms with Gasteiger partial charge in [0, 0.05) is 0 Å². The molecule has 3 rings (SSSR count). The molecule has 3 nitrogen and oxygen atoms in total. The van der Waals surface area contributed by atoms with Crippen LogP contribution in [0.4, 0.5) is 13.2 Å².